The highest BCUT2D eigenvalue weighted by atomic mass is 79.9. The van der Waals surface area contributed by atoms with Gasteiger partial charge in [-0.3, -0.25) is 0 Å². The second-order valence-corrected chi connectivity index (χ2v) is 3.76. The monoisotopic (exact) mass is 275 g/mol. The van der Waals surface area contributed by atoms with Crippen molar-refractivity contribution in [1.82, 2.24) is 0 Å². The molecule has 0 spiro atoms. The second kappa shape index (κ2) is 5.23. The van der Waals surface area contributed by atoms with E-state index in [4.69, 9.17) is 15.2 Å². The fourth-order valence-corrected chi connectivity index (χ4v) is 2.06. The lowest BCUT2D eigenvalue weighted by molar-refractivity contribution is 0.375. The molecule has 0 saturated heterocycles. The standard InChI is InChI=1S/C10H14BrNO3/c1-14-8-5-7(13)6(3-4-12)10(15-2)9(8)11/h5,13H,3-4,12H2,1-2H3. The number of rotatable bonds is 4. The van der Waals surface area contributed by atoms with Gasteiger partial charge in [-0.05, 0) is 28.9 Å². The van der Waals surface area contributed by atoms with Gasteiger partial charge >= 0.3 is 0 Å². The van der Waals surface area contributed by atoms with E-state index in [0.29, 0.717) is 34.5 Å². The van der Waals surface area contributed by atoms with Gasteiger partial charge in [-0.2, -0.15) is 0 Å². The summed E-state index contributed by atoms with van der Waals surface area (Å²) in [7, 11) is 3.07. The molecule has 0 atom stereocenters. The molecule has 1 aromatic rings. The predicted octanol–water partition coefficient (Wildman–Crippen LogP) is 1.67. The summed E-state index contributed by atoms with van der Waals surface area (Å²) in [6.45, 7) is 0.447. The maximum atomic E-state index is 9.75. The molecule has 1 rings (SSSR count). The highest BCUT2D eigenvalue weighted by molar-refractivity contribution is 9.10. The minimum absolute atomic E-state index is 0.136. The van der Waals surface area contributed by atoms with Crippen LogP contribution in [0.15, 0.2) is 10.5 Å². The molecule has 0 bridgehead atoms. The first-order valence-electron chi connectivity index (χ1n) is 4.48. The second-order valence-electron chi connectivity index (χ2n) is 2.96. The van der Waals surface area contributed by atoms with E-state index in [1.165, 1.54) is 13.2 Å². The van der Waals surface area contributed by atoms with Crippen molar-refractivity contribution in [3.8, 4) is 17.2 Å². The van der Waals surface area contributed by atoms with Gasteiger partial charge in [0, 0.05) is 11.6 Å². The molecule has 0 unspecified atom stereocenters. The molecule has 5 heteroatoms. The lowest BCUT2D eigenvalue weighted by Gasteiger charge is -2.14. The summed E-state index contributed by atoms with van der Waals surface area (Å²) in [5, 5.41) is 9.75. The molecule has 4 nitrogen and oxygen atoms in total. The van der Waals surface area contributed by atoms with Crippen LogP contribution in [0.25, 0.3) is 0 Å². The number of halogens is 1. The van der Waals surface area contributed by atoms with Crippen molar-refractivity contribution in [2.45, 2.75) is 6.42 Å². The van der Waals surface area contributed by atoms with Crippen LogP contribution in [0, 0.1) is 0 Å². The van der Waals surface area contributed by atoms with Gasteiger partial charge in [0.1, 0.15) is 21.7 Å². The molecule has 0 aliphatic heterocycles. The number of benzene rings is 1. The third kappa shape index (κ3) is 2.35. The lowest BCUT2D eigenvalue weighted by atomic mass is 10.1. The molecule has 0 amide bonds. The zero-order valence-electron chi connectivity index (χ0n) is 8.71. The molecule has 84 valence electrons. The Kier molecular flexibility index (Phi) is 4.23. The number of hydrogen-bond donors (Lipinski definition) is 2. The van der Waals surface area contributed by atoms with E-state index in [9.17, 15) is 5.11 Å². The number of ether oxygens (including phenoxy) is 2. The quantitative estimate of drug-likeness (QED) is 0.878. The zero-order valence-corrected chi connectivity index (χ0v) is 10.3. The van der Waals surface area contributed by atoms with Gasteiger partial charge in [0.15, 0.2) is 0 Å². The van der Waals surface area contributed by atoms with Crippen molar-refractivity contribution in [3.63, 3.8) is 0 Å². The fraction of sp³-hybridized carbons (Fsp3) is 0.400. The van der Waals surface area contributed by atoms with Crippen LogP contribution in [-0.4, -0.2) is 25.9 Å². The number of methoxy groups -OCH3 is 2. The molecule has 0 fully saturated rings. The van der Waals surface area contributed by atoms with Crippen molar-refractivity contribution in [2.24, 2.45) is 5.73 Å². The van der Waals surface area contributed by atoms with Crippen LogP contribution in [0.5, 0.6) is 17.2 Å². The summed E-state index contributed by atoms with van der Waals surface area (Å²) in [6.07, 6.45) is 0.553. The molecular formula is C10H14BrNO3. The molecule has 0 aliphatic carbocycles. The van der Waals surface area contributed by atoms with E-state index in [1.807, 2.05) is 0 Å². The normalized spacial score (nSPS) is 10.1. The summed E-state index contributed by atoms with van der Waals surface area (Å²) in [4.78, 5) is 0. The highest BCUT2D eigenvalue weighted by Crippen LogP contribution is 2.42. The Morgan fingerprint density at radius 2 is 2.07 bits per heavy atom. The van der Waals surface area contributed by atoms with Gasteiger partial charge in [-0.1, -0.05) is 0 Å². The van der Waals surface area contributed by atoms with E-state index in [2.05, 4.69) is 15.9 Å². The summed E-state index contributed by atoms with van der Waals surface area (Å²) in [5.74, 6) is 1.24. The van der Waals surface area contributed by atoms with Crippen LogP contribution < -0.4 is 15.2 Å². The van der Waals surface area contributed by atoms with Crippen LogP contribution in [0.2, 0.25) is 0 Å². The number of aromatic hydroxyl groups is 1. The van der Waals surface area contributed by atoms with Crippen molar-refractivity contribution in [1.29, 1.82) is 0 Å². The first kappa shape index (κ1) is 12.1. The molecule has 0 aliphatic rings. The van der Waals surface area contributed by atoms with Gasteiger partial charge in [0.25, 0.3) is 0 Å². The maximum Gasteiger partial charge on any atom is 0.143 e. The average molecular weight is 276 g/mol. The Hall–Kier alpha value is -0.940. The van der Waals surface area contributed by atoms with Crippen LogP contribution in [0.4, 0.5) is 0 Å². The van der Waals surface area contributed by atoms with Crippen molar-refractivity contribution >= 4 is 15.9 Å². The molecule has 3 N–H and O–H groups in total. The summed E-state index contributed by atoms with van der Waals surface area (Å²) < 4.78 is 11.0. The lowest BCUT2D eigenvalue weighted by Crippen LogP contribution is -2.05. The minimum Gasteiger partial charge on any atom is -0.507 e. The maximum absolute atomic E-state index is 9.75. The number of nitrogens with two attached hydrogens (primary N) is 1. The largest absolute Gasteiger partial charge is 0.507 e. The zero-order chi connectivity index (χ0) is 11.4. The molecular weight excluding hydrogens is 262 g/mol. The van der Waals surface area contributed by atoms with Crippen LogP contribution >= 0.6 is 15.9 Å². The van der Waals surface area contributed by atoms with E-state index in [0.717, 1.165) is 0 Å². The topological polar surface area (TPSA) is 64.7 Å². The molecule has 0 saturated carbocycles. The molecule has 1 aromatic carbocycles. The summed E-state index contributed by atoms with van der Waals surface area (Å²) >= 11 is 3.35. The SMILES string of the molecule is COc1cc(O)c(CCN)c(OC)c1Br. The molecule has 0 heterocycles. The molecule has 0 radical (unpaired) electrons. The van der Waals surface area contributed by atoms with Crippen LogP contribution in [0.1, 0.15) is 5.56 Å². The van der Waals surface area contributed by atoms with Gasteiger partial charge in [-0.15, -0.1) is 0 Å². The first-order valence-corrected chi connectivity index (χ1v) is 5.27. The minimum atomic E-state index is 0.136. The van der Waals surface area contributed by atoms with Crippen LogP contribution in [-0.2, 0) is 6.42 Å². The molecule has 15 heavy (non-hydrogen) atoms. The Morgan fingerprint density at radius 1 is 1.40 bits per heavy atom. The Balaban J connectivity index is 3.32. The number of hydrogen-bond acceptors (Lipinski definition) is 4. The van der Waals surface area contributed by atoms with E-state index in [1.54, 1.807) is 7.11 Å². The fourth-order valence-electron chi connectivity index (χ4n) is 1.38. The molecule has 0 aromatic heterocycles. The Morgan fingerprint density at radius 3 is 2.53 bits per heavy atom. The van der Waals surface area contributed by atoms with Crippen LogP contribution in [0.3, 0.4) is 0 Å². The smallest absolute Gasteiger partial charge is 0.143 e. The van der Waals surface area contributed by atoms with Gasteiger partial charge in [0.05, 0.1) is 14.2 Å². The average Bonchev–Trinajstić information content (AvgIpc) is 2.23. The Bertz CT molecular complexity index is 355. The van der Waals surface area contributed by atoms with E-state index in [-0.39, 0.29) is 5.75 Å². The van der Waals surface area contributed by atoms with Crippen molar-refractivity contribution in [3.05, 3.63) is 16.1 Å². The van der Waals surface area contributed by atoms with E-state index >= 15 is 0 Å². The van der Waals surface area contributed by atoms with E-state index < -0.39 is 0 Å². The summed E-state index contributed by atoms with van der Waals surface area (Å²) in [5.41, 5.74) is 6.15. The number of phenolic OH excluding ortho intramolecular Hbond substituents is 1. The van der Waals surface area contributed by atoms with Gasteiger partial charge in [0.2, 0.25) is 0 Å². The third-order valence-electron chi connectivity index (χ3n) is 2.09. The van der Waals surface area contributed by atoms with Gasteiger partial charge in [-0.25, -0.2) is 0 Å². The van der Waals surface area contributed by atoms with Crippen molar-refractivity contribution in [2.75, 3.05) is 20.8 Å². The Labute approximate surface area is 97.1 Å². The summed E-state index contributed by atoms with van der Waals surface area (Å²) in [6, 6.07) is 1.54. The predicted molar refractivity (Wildman–Crippen MR) is 61.7 cm³/mol. The highest BCUT2D eigenvalue weighted by Gasteiger charge is 2.16. The van der Waals surface area contributed by atoms with Crippen molar-refractivity contribution < 1.29 is 14.6 Å². The number of phenols is 1. The van der Waals surface area contributed by atoms with Gasteiger partial charge < -0.3 is 20.3 Å². The first-order chi connectivity index (χ1) is 7.15. The third-order valence-corrected chi connectivity index (χ3v) is 2.84.